The van der Waals surface area contributed by atoms with Crippen LogP contribution in [0.2, 0.25) is 0 Å². The molecule has 1 fully saturated rings. The molecule has 12 heteroatoms. The van der Waals surface area contributed by atoms with Crippen LogP contribution in [0.1, 0.15) is 18.7 Å². The van der Waals surface area contributed by atoms with Gasteiger partial charge < -0.3 is 9.88 Å². The van der Waals surface area contributed by atoms with Gasteiger partial charge in [-0.3, -0.25) is 18.9 Å². The highest BCUT2D eigenvalue weighted by molar-refractivity contribution is 7.94. The second-order valence-electron chi connectivity index (χ2n) is 10.2. The van der Waals surface area contributed by atoms with Crippen molar-refractivity contribution in [2.45, 2.75) is 30.6 Å². The number of aromatic nitrogens is 2. The normalized spacial score (nSPS) is 15.3. The fourth-order valence-corrected chi connectivity index (χ4v) is 8.47. The number of fused-ring (bicyclic) bond motifs is 1. The zero-order chi connectivity index (χ0) is 27.7. The van der Waals surface area contributed by atoms with Gasteiger partial charge in [-0.25, -0.2) is 13.4 Å². The van der Waals surface area contributed by atoms with Gasteiger partial charge >= 0.3 is 0 Å². The van der Waals surface area contributed by atoms with Gasteiger partial charge in [-0.2, -0.15) is 0 Å². The maximum absolute atomic E-state index is 13.5. The predicted octanol–water partition coefficient (Wildman–Crippen LogP) is 4.16. The van der Waals surface area contributed by atoms with Crippen LogP contribution in [-0.2, 0) is 21.4 Å². The number of carbonyl (C=O) groups excluding carboxylic acids is 1. The monoisotopic (exact) mass is 586 g/mol. The van der Waals surface area contributed by atoms with Crippen LogP contribution in [0.4, 0.5) is 5.69 Å². The minimum atomic E-state index is -3.70. The molecule has 1 N–H and O–H groups in total. The van der Waals surface area contributed by atoms with Crippen molar-refractivity contribution in [3.05, 3.63) is 52.9 Å². The highest BCUT2D eigenvalue weighted by Gasteiger charge is 2.30. The van der Waals surface area contributed by atoms with Crippen molar-refractivity contribution in [1.29, 1.82) is 0 Å². The lowest BCUT2D eigenvalue weighted by Gasteiger charge is -2.34. The summed E-state index contributed by atoms with van der Waals surface area (Å²) < 4.78 is 28.9. The number of thiazole rings is 1. The van der Waals surface area contributed by atoms with Crippen LogP contribution >= 0.6 is 22.7 Å². The molecule has 1 amide bonds. The number of nitrogens with zero attached hydrogens (tertiary/aromatic N) is 5. The van der Waals surface area contributed by atoms with Gasteiger partial charge in [0.1, 0.15) is 9.22 Å². The molecule has 1 saturated heterocycles. The molecule has 0 unspecified atom stereocenters. The molecule has 1 aliphatic heterocycles. The predicted molar refractivity (Wildman–Crippen MR) is 159 cm³/mol. The number of thiophene rings is 1. The Labute approximate surface area is 237 Å². The van der Waals surface area contributed by atoms with Crippen LogP contribution in [0.15, 0.2) is 52.2 Å². The summed E-state index contributed by atoms with van der Waals surface area (Å²) in [5, 5.41) is 3.60. The largest absolute Gasteiger partial charge is 0.351 e. The van der Waals surface area contributed by atoms with Crippen LogP contribution in [0.5, 0.6) is 0 Å². The number of hydrogen-bond donors (Lipinski definition) is 1. The molecule has 3 aromatic heterocycles. The van der Waals surface area contributed by atoms with E-state index in [1.165, 1.54) is 20.5 Å². The van der Waals surface area contributed by atoms with E-state index in [9.17, 15) is 13.2 Å². The molecular weight excluding hydrogens is 553 g/mol. The van der Waals surface area contributed by atoms with Crippen molar-refractivity contribution in [3.63, 3.8) is 0 Å². The van der Waals surface area contributed by atoms with Gasteiger partial charge in [0.2, 0.25) is 5.91 Å². The average Bonchev–Trinajstić information content (AvgIpc) is 3.66. The third-order valence-corrected chi connectivity index (χ3v) is 11.2. The quantitative estimate of drug-likeness (QED) is 0.317. The first kappa shape index (κ1) is 27.8. The fraction of sp³-hybridized carbons (Fsp3) is 0.407. The Morgan fingerprint density at radius 1 is 1.10 bits per heavy atom. The molecule has 0 spiro atoms. The molecule has 0 radical (unpaired) electrons. The number of likely N-dealkylation sites (N-methyl/N-ethyl adjacent to an activating group) is 1. The minimum Gasteiger partial charge on any atom is -0.351 e. The number of aromatic amines is 1. The molecule has 1 aromatic carbocycles. The molecule has 0 atom stereocenters. The SMILES string of the molecule is CC(C)N(c1cccc2cc(-c3ncc(CN4CCN(CC(=O)N(C)C)CC4)s3)[nH]c12)S(=O)(=O)c1cccs1. The number of carbonyl (C=O) groups is 1. The Balaban J connectivity index is 1.33. The van der Waals surface area contributed by atoms with Crippen molar-refractivity contribution in [3.8, 4) is 10.7 Å². The third kappa shape index (κ3) is 5.90. The average molecular weight is 587 g/mol. The Hall–Kier alpha value is -2.77. The highest BCUT2D eigenvalue weighted by atomic mass is 32.2. The van der Waals surface area contributed by atoms with E-state index in [4.69, 9.17) is 0 Å². The standard InChI is InChI=1S/C27H34N6O3S3/c1-19(2)33(39(35,36)25-9-6-14-37-25)23-8-5-7-20-15-22(29-26(20)23)27-28-16-21(38-27)17-31-10-12-32(13-11-31)18-24(34)30(3)4/h5-9,14-16,19,29H,10-13,17-18H2,1-4H3. The van der Waals surface area contributed by atoms with E-state index in [0.717, 1.165) is 54.3 Å². The number of H-pyrrole nitrogens is 1. The van der Waals surface area contributed by atoms with Gasteiger partial charge in [0.15, 0.2) is 0 Å². The first-order valence-corrected chi connectivity index (χ1v) is 16.1. The number of benzene rings is 1. The number of para-hydroxylation sites is 1. The van der Waals surface area contributed by atoms with Gasteiger partial charge in [-0.15, -0.1) is 22.7 Å². The molecule has 4 heterocycles. The summed E-state index contributed by atoms with van der Waals surface area (Å²) in [5.74, 6) is 0.137. The summed E-state index contributed by atoms with van der Waals surface area (Å²) in [4.78, 5) is 27.6. The number of piperazine rings is 1. The Kier molecular flexibility index (Phi) is 8.11. The summed E-state index contributed by atoms with van der Waals surface area (Å²) in [6, 6.07) is 10.9. The molecule has 0 bridgehead atoms. The summed E-state index contributed by atoms with van der Waals surface area (Å²) in [6.07, 6.45) is 1.93. The van der Waals surface area contributed by atoms with Crippen molar-refractivity contribution in [1.82, 2.24) is 24.7 Å². The summed E-state index contributed by atoms with van der Waals surface area (Å²) in [5.41, 5.74) is 2.28. The van der Waals surface area contributed by atoms with Crippen molar-refractivity contribution in [2.75, 3.05) is 51.1 Å². The van der Waals surface area contributed by atoms with Gasteiger partial charge in [-0.1, -0.05) is 18.2 Å². The highest BCUT2D eigenvalue weighted by Crippen LogP contribution is 2.36. The lowest BCUT2D eigenvalue weighted by atomic mass is 10.2. The van der Waals surface area contributed by atoms with E-state index in [2.05, 4.69) is 19.8 Å². The number of amides is 1. The molecule has 39 heavy (non-hydrogen) atoms. The molecule has 1 aliphatic rings. The number of anilines is 1. The van der Waals surface area contributed by atoms with Gasteiger partial charge in [0.25, 0.3) is 10.0 Å². The van der Waals surface area contributed by atoms with Crippen LogP contribution in [0.3, 0.4) is 0 Å². The van der Waals surface area contributed by atoms with Crippen LogP contribution in [0, 0.1) is 0 Å². The molecule has 4 aromatic rings. The third-order valence-electron chi connectivity index (χ3n) is 6.83. The Morgan fingerprint density at radius 2 is 1.85 bits per heavy atom. The van der Waals surface area contributed by atoms with Crippen LogP contribution in [-0.4, -0.2) is 91.9 Å². The molecule has 9 nitrogen and oxygen atoms in total. The lowest BCUT2D eigenvalue weighted by molar-refractivity contribution is -0.130. The van der Waals surface area contributed by atoms with Gasteiger partial charge in [-0.05, 0) is 37.4 Å². The van der Waals surface area contributed by atoms with E-state index < -0.39 is 10.0 Å². The molecule has 0 aliphatic carbocycles. The topological polar surface area (TPSA) is 92.8 Å². The summed E-state index contributed by atoms with van der Waals surface area (Å²) in [6.45, 7) is 8.63. The number of rotatable bonds is 9. The minimum absolute atomic E-state index is 0.137. The zero-order valence-corrected chi connectivity index (χ0v) is 25.1. The molecule has 0 saturated carbocycles. The maximum Gasteiger partial charge on any atom is 0.274 e. The van der Waals surface area contributed by atoms with Crippen LogP contribution in [0.25, 0.3) is 21.6 Å². The second-order valence-corrected chi connectivity index (χ2v) is 14.3. The van der Waals surface area contributed by atoms with Crippen molar-refractivity contribution in [2.24, 2.45) is 0 Å². The Morgan fingerprint density at radius 3 is 2.51 bits per heavy atom. The summed E-state index contributed by atoms with van der Waals surface area (Å²) >= 11 is 2.87. The van der Waals surface area contributed by atoms with Gasteiger partial charge in [0.05, 0.1) is 23.4 Å². The zero-order valence-electron chi connectivity index (χ0n) is 22.6. The van der Waals surface area contributed by atoms with E-state index >= 15 is 0 Å². The summed E-state index contributed by atoms with van der Waals surface area (Å²) in [7, 11) is -0.110. The number of nitrogens with one attached hydrogen (secondary N) is 1. The van der Waals surface area contributed by atoms with E-state index in [1.807, 2.05) is 44.3 Å². The van der Waals surface area contributed by atoms with Gasteiger partial charge in [0, 0.05) is 69.3 Å². The van der Waals surface area contributed by atoms with Crippen LogP contribution < -0.4 is 4.31 Å². The Bertz CT molecular complexity index is 1530. The fourth-order valence-electron chi connectivity index (χ4n) is 4.80. The van der Waals surface area contributed by atoms with Crippen molar-refractivity contribution < 1.29 is 13.2 Å². The van der Waals surface area contributed by atoms with Crippen molar-refractivity contribution >= 4 is 55.2 Å². The maximum atomic E-state index is 13.5. The number of hydrogen-bond acceptors (Lipinski definition) is 8. The first-order chi connectivity index (χ1) is 18.6. The smallest absolute Gasteiger partial charge is 0.274 e. The first-order valence-electron chi connectivity index (χ1n) is 12.9. The van der Waals surface area contributed by atoms with E-state index in [0.29, 0.717) is 16.4 Å². The second kappa shape index (κ2) is 11.4. The molecule has 5 rings (SSSR count). The molecule has 208 valence electrons. The number of sulfonamides is 1. The van der Waals surface area contributed by atoms with E-state index in [1.54, 1.807) is 47.8 Å². The lowest BCUT2D eigenvalue weighted by Crippen LogP contribution is -2.48. The molecular formula is C27H34N6O3S3. The van der Waals surface area contributed by atoms with E-state index in [-0.39, 0.29) is 11.9 Å².